The molecule has 0 aliphatic rings. The van der Waals surface area contributed by atoms with Gasteiger partial charge in [0, 0.05) is 19.5 Å². The van der Waals surface area contributed by atoms with Gasteiger partial charge in [-0.05, 0) is 42.0 Å². The molecule has 0 atom stereocenters. The van der Waals surface area contributed by atoms with Crippen molar-refractivity contribution in [2.24, 2.45) is 0 Å². The van der Waals surface area contributed by atoms with Crippen molar-refractivity contribution in [2.45, 2.75) is 13.0 Å². The smallest absolute Gasteiger partial charge is 0.166 e. The van der Waals surface area contributed by atoms with Gasteiger partial charge in [0.2, 0.25) is 0 Å². The summed E-state index contributed by atoms with van der Waals surface area (Å²) in [5, 5.41) is 8.23. The summed E-state index contributed by atoms with van der Waals surface area (Å²) in [6.45, 7) is 1.46. The summed E-state index contributed by atoms with van der Waals surface area (Å²) in [7, 11) is 1.66. The molecule has 0 unspecified atom stereocenters. The zero-order chi connectivity index (χ0) is 16.8. The van der Waals surface area contributed by atoms with E-state index < -0.39 is 0 Å². The fourth-order valence-corrected chi connectivity index (χ4v) is 3.44. The van der Waals surface area contributed by atoms with Crippen LogP contribution in [0.15, 0.2) is 48.5 Å². The summed E-state index contributed by atoms with van der Waals surface area (Å²) in [5.41, 5.74) is 2.23. The van der Waals surface area contributed by atoms with Gasteiger partial charge in [0.05, 0.1) is 22.3 Å². The summed E-state index contributed by atoms with van der Waals surface area (Å²) in [5.74, 6) is 0.857. The lowest BCUT2D eigenvalue weighted by Gasteiger charge is -2.10. The zero-order valence-electron chi connectivity index (χ0n) is 13.4. The van der Waals surface area contributed by atoms with Gasteiger partial charge in [-0.2, -0.15) is 0 Å². The number of fused-ring (bicyclic) bond motifs is 1. The lowest BCUT2D eigenvalue weighted by atomic mass is 10.2. The van der Waals surface area contributed by atoms with Crippen LogP contribution < -0.4 is 15.4 Å². The third-order valence-corrected chi connectivity index (χ3v) is 4.96. The molecule has 0 bridgehead atoms. The van der Waals surface area contributed by atoms with Gasteiger partial charge in [-0.25, -0.2) is 4.98 Å². The Hall–Kier alpha value is -2.18. The van der Waals surface area contributed by atoms with Crippen molar-refractivity contribution in [1.82, 2.24) is 15.6 Å². The number of hydrogen-bond donors (Lipinski definition) is 2. The lowest BCUT2D eigenvalue weighted by Crippen LogP contribution is -2.35. The van der Waals surface area contributed by atoms with Crippen molar-refractivity contribution in [1.29, 1.82) is 0 Å². The second-order valence-electron chi connectivity index (χ2n) is 5.28. The molecule has 0 aliphatic heterocycles. The minimum absolute atomic E-state index is 0.659. The number of para-hydroxylation sites is 1. The van der Waals surface area contributed by atoms with Crippen molar-refractivity contribution >= 4 is 38.9 Å². The van der Waals surface area contributed by atoms with Crippen molar-refractivity contribution in [3.8, 4) is 5.75 Å². The molecule has 0 spiro atoms. The number of thiazole rings is 1. The summed E-state index contributed by atoms with van der Waals surface area (Å²) >= 11 is 7.05. The maximum atomic E-state index is 5.32. The Kier molecular flexibility index (Phi) is 5.61. The predicted octanol–water partition coefficient (Wildman–Crippen LogP) is 3.51. The topological polar surface area (TPSA) is 46.2 Å². The Balaban J connectivity index is 1.41. The van der Waals surface area contributed by atoms with Crippen molar-refractivity contribution < 1.29 is 4.74 Å². The largest absolute Gasteiger partial charge is 0.497 e. The van der Waals surface area contributed by atoms with Gasteiger partial charge >= 0.3 is 0 Å². The number of ether oxygens (including phenoxy) is 1. The molecule has 24 heavy (non-hydrogen) atoms. The van der Waals surface area contributed by atoms with Gasteiger partial charge < -0.3 is 15.4 Å². The van der Waals surface area contributed by atoms with E-state index in [1.807, 2.05) is 42.5 Å². The van der Waals surface area contributed by atoms with Gasteiger partial charge in [-0.15, -0.1) is 11.3 Å². The second-order valence-corrected chi connectivity index (χ2v) is 6.81. The van der Waals surface area contributed by atoms with E-state index in [0.717, 1.165) is 34.8 Å². The van der Waals surface area contributed by atoms with Crippen molar-refractivity contribution in [3.63, 3.8) is 0 Å². The average Bonchev–Trinajstić information content (AvgIpc) is 3.03. The number of rotatable bonds is 6. The van der Waals surface area contributed by atoms with Gasteiger partial charge in [-0.3, -0.25) is 0 Å². The molecule has 1 heterocycles. The molecule has 2 aromatic carbocycles. The fourth-order valence-electron chi connectivity index (χ4n) is 2.30. The van der Waals surface area contributed by atoms with E-state index in [1.165, 1.54) is 4.70 Å². The lowest BCUT2D eigenvalue weighted by molar-refractivity contribution is 0.414. The highest BCUT2D eigenvalue weighted by molar-refractivity contribution is 7.80. The normalized spacial score (nSPS) is 10.5. The Morgan fingerprint density at radius 1 is 1.12 bits per heavy atom. The first-order valence-electron chi connectivity index (χ1n) is 7.73. The number of benzene rings is 2. The molecule has 0 radical (unpaired) electrons. The van der Waals surface area contributed by atoms with E-state index in [-0.39, 0.29) is 0 Å². The molecule has 6 heteroatoms. The molecule has 3 aromatic rings. The third kappa shape index (κ3) is 4.43. The van der Waals surface area contributed by atoms with Crippen LogP contribution in [-0.4, -0.2) is 23.8 Å². The molecule has 3 rings (SSSR count). The minimum atomic E-state index is 0.659. The first-order valence-corrected chi connectivity index (χ1v) is 8.96. The van der Waals surface area contributed by atoms with Crippen LogP contribution in [0.25, 0.3) is 10.2 Å². The Morgan fingerprint density at radius 2 is 1.92 bits per heavy atom. The van der Waals surface area contributed by atoms with E-state index in [4.69, 9.17) is 17.0 Å². The van der Waals surface area contributed by atoms with E-state index in [0.29, 0.717) is 11.7 Å². The first kappa shape index (κ1) is 16.7. The zero-order valence-corrected chi connectivity index (χ0v) is 15.0. The van der Waals surface area contributed by atoms with Crippen LogP contribution >= 0.6 is 23.6 Å². The number of aromatic nitrogens is 1. The minimum Gasteiger partial charge on any atom is -0.497 e. The molecule has 4 nitrogen and oxygen atoms in total. The monoisotopic (exact) mass is 357 g/mol. The maximum Gasteiger partial charge on any atom is 0.166 e. The summed E-state index contributed by atoms with van der Waals surface area (Å²) in [4.78, 5) is 4.62. The highest BCUT2D eigenvalue weighted by Gasteiger charge is 2.03. The van der Waals surface area contributed by atoms with E-state index in [9.17, 15) is 0 Å². The Bertz CT molecular complexity index is 782. The summed E-state index contributed by atoms with van der Waals surface area (Å²) in [6, 6.07) is 16.1. The average molecular weight is 358 g/mol. The maximum absolute atomic E-state index is 5.32. The number of methoxy groups -OCH3 is 1. The summed E-state index contributed by atoms with van der Waals surface area (Å²) in [6.07, 6.45) is 0.865. The third-order valence-electron chi connectivity index (χ3n) is 3.57. The number of thiocarbonyl (C=S) groups is 1. The van der Waals surface area contributed by atoms with Crippen LogP contribution in [0.2, 0.25) is 0 Å². The van der Waals surface area contributed by atoms with Crippen LogP contribution in [0, 0.1) is 0 Å². The molecule has 124 valence electrons. The van der Waals surface area contributed by atoms with E-state index >= 15 is 0 Å². The van der Waals surface area contributed by atoms with E-state index in [1.54, 1.807) is 18.4 Å². The number of nitrogens with one attached hydrogen (secondary N) is 2. The van der Waals surface area contributed by atoms with Crippen LogP contribution in [-0.2, 0) is 13.0 Å². The summed E-state index contributed by atoms with van der Waals surface area (Å²) < 4.78 is 6.38. The van der Waals surface area contributed by atoms with Gasteiger partial charge in [0.25, 0.3) is 0 Å². The van der Waals surface area contributed by atoms with Gasteiger partial charge in [-0.1, -0.05) is 24.3 Å². The second kappa shape index (κ2) is 8.08. The molecule has 0 aliphatic carbocycles. The molecule has 0 fully saturated rings. The molecular formula is C18H19N3OS2. The van der Waals surface area contributed by atoms with Crippen molar-refractivity contribution in [2.75, 3.05) is 13.7 Å². The molecule has 0 saturated heterocycles. The molecule has 2 N–H and O–H groups in total. The van der Waals surface area contributed by atoms with Crippen LogP contribution in [0.4, 0.5) is 0 Å². The standard InChI is InChI=1S/C18H19N3OS2/c1-22-14-8-6-13(7-9-14)12-20-18(23)19-11-10-17-21-15-4-2-3-5-16(15)24-17/h2-9H,10-12H2,1H3,(H2,19,20,23). The fraction of sp³-hybridized carbons (Fsp3) is 0.222. The quantitative estimate of drug-likeness (QED) is 0.661. The number of nitrogens with zero attached hydrogens (tertiary/aromatic N) is 1. The van der Waals surface area contributed by atoms with E-state index in [2.05, 4.69) is 21.7 Å². The van der Waals surface area contributed by atoms with Crippen molar-refractivity contribution in [3.05, 3.63) is 59.1 Å². The Labute approximate surface area is 150 Å². The predicted molar refractivity (Wildman–Crippen MR) is 104 cm³/mol. The Morgan fingerprint density at radius 3 is 2.67 bits per heavy atom. The van der Waals surface area contributed by atoms with Gasteiger partial charge in [0.15, 0.2) is 5.11 Å². The molecule has 0 saturated carbocycles. The molecule has 1 aromatic heterocycles. The SMILES string of the molecule is COc1ccc(CNC(=S)NCCc2nc3ccccc3s2)cc1. The molecule has 0 amide bonds. The van der Waals surface area contributed by atoms with Crippen LogP contribution in [0.1, 0.15) is 10.6 Å². The van der Waals surface area contributed by atoms with Gasteiger partial charge in [0.1, 0.15) is 5.75 Å². The van der Waals surface area contributed by atoms with Crippen LogP contribution in [0.3, 0.4) is 0 Å². The highest BCUT2D eigenvalue weighted by atomic mass is 32.1. The first-order chi connectivity index (χ1) is 11.7. The van der Waals surface area contributed by atoms with Crippen LogP contribution in [0.5, 0.6) is 5.75 Å². The molecular weight excluding hydrogens is 338 g/mol. The number of hydrogen-bond acceptors (Lipinski definition) is 4. The highest BCUT2D eigenvalue weighted by Crippen LogP contribution is 2.21.